The summed E-state index contributed by atoms with van der Waals surface area (Å²) in [5.41, 5.74) is 0.561. The number of fused-ring (bicyclic) bond motifs is 1. The maximum absolute atomic E-state index is 15.1. The third-order valence-corrected chi connectivity index (χ3v) is 8.15. The summed E-state index contributed by atoms with van der Waals surface area (Å²) in [7, 11) is -4.22. The zero-order valence-corrected chi connectivity index (χ0v) is 20.7. The van der Waals surface area contributed by atoms with Gasteiger partial charge in [-0.25, -0.2) is 27.2 Å². The molecular formula is C26H23ClF2N4O2S. The predicted octanol–water partition coefficient (Wildman–Crippen LogP) is 6.77. The second-order valence-electron chi connectivity index (χ2n) is 8.77. The Morgan fingerprint density at radius 3 is 2.50 bits per heavy atom. The molecule has 1 saturated carbocycles. The third-order valence-electron chi connectivity index (χ3n) is 6.28. The third kappa shape index (κ3) is 4.99. The average molecular weight is 529 g/mol. The Hall–Kier alpha value is -3.30. The number of sulfonamides is 1. The molecule has 3 aromatic carbocycles. The van der Waals surface area contributed by atoms with Crippen LogP contribution in [0.3, 0.4) is 0 Å². The topological polar surface area (TPSA) is 84.0 Å². The summed E-state index contributed by atoms with van der Waals surface area (Å²) in [5.74, 6) is -1.94. The molecule has 1 aliphatic carbocycles. The van der Waals surface area contributed by atoms with Gasteiger partial charge in [-0.3, -0.25) is 4.72 Å². The van der Waals surface area contributed by atoms with E-state index in [2.05, 4.69) is 20.0 Å². The van der Waals surface area contributed by atoms with Crippen LogP contribution in [-0.2, 0) is 10.0 Å². The Labute approximate surface area is 212 Å². The Morgan fingerprint density at radius 1 is 0.944 bits per heavy atom. The van der Waals surface area contributed by atoms with Gasteiger partial charge in [0.1, 0.15) is 4.90 Å². The minimum absolute atomic E-state index is 0.0144. The van der Waals surface area contributed by atoms with E-state index in [1.54, 1.807) is 30.5 Å². The fourth-order valence-electron chi connectivity index (χ4n) is 4.41. The highest BCUT2D eigenvalue weighted by Crippen LogP contribution is 2.32. The van der Waals surface area contributed by atoms with Crippen molar-refractivity contribution in [3.63, 3.8) is 0 Å². The van der Waals surface area contributed by atoms with E-state index in [4.69, 9.17) is 11.6 Å². The maximum Gasteiger partial charge on any atom is 0.263 e. The average Bonchev–Trinajstić information content (AvgIpc) is 2.87. The zero-order valence-electron chi connectivity index (χ0n) is 19.1. The summed E-state index contributed by atoms with van der Waals surface area (Å²) in [5, 5.41) is 4.02. The van der Waals surface area contributed by atoms with Crippen molar-refractivity contribution < 1.29 is 17.2 Å². The standard InChI is InChI=1S/C26H23ClF2N4O2S/c27-20-8-4-5-9-23(20)36(34,35)33-22-13-11-19(24(28)25(22)29)16-10-12-21-17(14-16)15-30-26(32-21)31-18-6-2-1-3-7-18/h4-5,8-15,18,33H,1-3,6-7H2,(H,30,31,32). The molecule has 6 nitrogen and oxygen atoms in total. The van der Waals surface area contributed by atoms with Gasteiger partial charge in [-0.2, -0.15) is 0 Å². The van der Waals surface area contributed by atoms with E-state index in [9.17, 15) is 12.8 Å². The van der Waals surface area contributed by atoms with Gasteiger partial charge in [0.25, 0.3) is 10.0 Å². The van der Waals surface area contributed by atoms with Crippen LogP contribution in [0.4, 0.5) is 20.4 Å². The molecule has 0 atom stereocenters. The lowest BCUT2D eigenvalue weighted by Crippen LogP contribution is -2.23. The molecule has 0 amide bonds. The SMILES string of the molecule is O=S(=O)(Nc1ccc(-c2ccc3nc(NC4CCCCC4)ncc3c2)c(F)c1F)c1ccccc1Cl. The van der Waals surface area contributed by atoms with Crippen LogP contribution >= 0.6 is 11.6 Å². The molecule has 0 radical (unpaired) electrons. The summed E-state index contributed by atoms with van der Waals surface area (Å²) >= 11 is 5.96. The van der Waals surface area contributed by atoms with Crippen LogP contribution in [0.1, 0.15) is 32.1 Å². The summed E-state index contributed by atoms with van der Waals surface area (Å²) in [6.07, 6.45) is 7.47. The summed E-state index contributed by atoms with van der Waals surface area (Å²) in [4.78, 5) is 8.71. The molecule has 0 bridgehead atoms. The van der Waals surface area contributed by atoms with Crippen LogP contribution in [0.2, 0.25) is 5.02 Å². The Kier molecular flexibility index (Phi) is 6.77. The molecule has 10 heteroatoms. The molecule has 36 heavy (non-hydrogen) atoms. The maximum atomic E-state index is 15.1. The van der Waals surface area contributed by atoms with Crippen molar-refractivity contribution >= 4 is 44.2 Å². The van der Waals surface area contributed by atoms with Crippen LogP contribution in [0, 0.1) is 11.6 Å². The number of nitrogens with zero attached hydrogens (tertiary/aromatic N) is 2. The Balaban J connectivity index is 1.40. The van der Waals surface area contributed by atoms with Crippen LogP contribution in [0.5, 0.6) is 0 Å². The van der Waals surface area contributed by atoms with Crippen LogP contribution in [0.15, 0.2) is 65.7 Å². The Morgan fingerprint density at radius 2 is 1.72 bits per heavy atom. The van der Waals surface area contributed by atoms with Crippen LogP contribution < -0.4 is 10.0 Å². The fourth-order valence-corrected chi connectivity index (χ4v) is 5.99. The quantitative estimate of drug-likeness (QED) is 0.288. The molecule has 1 fully saturated rings. The first-order chi connectivity index (χ1) is 17.3. The van der Waals surface area contributed by atoms with E-state index in [1.807, 2.05) is 0 Å². The number of halogens is 3. The number of anilines is 2. The predicted molar refractivity (Wildman–Crippen MR) is 138 cm³/mol. The number of hydrogen-bond acceptors (Lipinski definition) is 5. The molecule has 4 aromatic rings. The van der Waals surface area contributed by atoms with E-state index in [1.165, 1.54) is 49.6 Å². The van der Waals surface area contributed by atoms with Gasteiger partial charge in [0.15, 0.2) is 11.6 Å². The van der Waals surface area contributed by atoms with Gasteiger partial charge in [-0.05, 0) is 54.8 Å². The van der Waals surface area contributed by atoms with E-state index in [0.29, 0.717) is 28.5 Å². The molecule has 0 aliphatic heterocycles. The van der Waals surface area contributed by atoms with Crippen molar-refractivity contribution in [2.24, 2.45) is 0 Å². The monoisotopic (exact) mass is 528 g/mol. The van der Waals surface area contributed by atoms with Gasteiger partial charge in [0.05, 0.1) is 16.2 Å². The van der Waals surface area contributed by atoms with Gasteiger partial charge in [0, 0.05) is 23.2 Å². The molecule has 0 unspecified atom stereocenters. The van der Waals surface area contributed by atoms with E-state index in [-0.39, 0.29) is 15.5 Å². The zero-order chi connectivity index (χ0) is 25.3. The second kappa shape index (κ2) is 9.99. The number of benzene rings is 3. The molecule has 2 N–H and O–H groups in total. The van der Waals surface area contributed by atoms with Crippen molar-refractivity contribution in [2.75, 3.05) is 10.0 Å². The lowest BCUT2D eigenvalue weighted by Gasteiger charge is -2.22. The number of rotatable bonds is 6. The van der Waals surface area contributed by atoms with Crippen molar-refractivity contribution in [3.8, 4) is 11.1 Å². The molecular weight excluding hydrogens is 506 g/mol. The first-order valence-corrected chi connectivity index (χ1v) is 13.5. The summed E-state index contributed by atoms with van der Waals surface area (Å²) in [6, 6.07) is 13.6. The first kappa shape index (κ1) is 24.4. The highest BCUT2D eigenvalue weighted by Gasteiger charge is 2.22. The van der Waals surface area contributed by atoms with E-state index < -0.39 is 27.3 Å². The first-order valence-electron chi connectivity index (χ1n) is 11.6. The second-order valence-corrected chi connectivity index (χ2v) is 10.8. The van der Waals surface area contributed by atoms with Crippen molar-refractivity contribution in [1.82, 2.24) is 9.97 Å². The molecule has 5 rings (SSSR count). The lowest BCUT2D eigenvalue weighted by atomic mass is 9.96. The van der Waals surface area contributed by atoms with Gasteiger partial charge >= 0.3 is 0 Å². The summed E-state index contributed by atoms with van der Waals surface area (Å²) in [6.45, 7) is 0. The molecule has 0 spiro atoms. The van der Waals surface area contributed by atoms with E-state index >= 15 is 4.39 Å². The minimum Gasteiger partial charge on any atom is -0.351 e. The van der Waals surface area contributed by atoms with Gasteiger partial charge in [-0.15, -0.1) is 0 Å². The van der Waals surface area contributed by atoms with Gasteiger partial charge in [-0.1, -0.05) is 49.1 Å². The van der Waals surface area contributed by atoms with Crippen molar-refractivity contribution in [1.29, 1.82) is 0 Å². The van der Waals surface area contributed by atoms with Crippen molar-refractivity contribution in [3.05, 3.63) is 77.5 Å². The van der Waals surface area contributed by atoms with Crippen molar-refractivity contribution in [2.45, 2.75) is 43.0 Å². The molecule has 186 valence electrons. The highest BCUT2D eigenvalue weighted by atomic mass is 35.5. The van der Waals surface area contributed by atoms with Gasteiger partial charge < -0.3 is 5.32 Å². The van der Waals surface area contributed by atoms with Gasteiger partial charge in [0.2, 0.25) is 5.95 Å². The largest absolute Gasteiger partial charge is 0.351 e. The normalized spacial score (nSPS) is 14.6. The number of hydrogen-bond donors (Lipinski definition) is 2. The lowest BCUT2D eigenvalue weighted by molar-refractivity contribution is 0.461. The fraction of sp³-hybridized carbons (Fsp3) is 0.231. The molecule has 0 saturated heterocycles. The molecule has 1 aliphatic rings. The minimum atomic E-state index is -4.22. The summed E-state index contributed by atoms with van der Waals surface area (Å²) < 4.78 is 57.3. The number of nitrogens with one attached hydrogen (secondary N) is 2. The van der Waals surface area contributed by atoms with Crippen LogP contribution in [0.25, 0.3) is 22.0 Å². The molecule has 1 aromatic heterocycles. The number of aromatic nitrogens is 2. The highest BCUT2D eigenvalue weighted by molar-refractivity contribution is 7.92. The van der Waals surface area contributed by atoms with E-state index in [0.717, 1.165) is 12.8 Å². The smallest absolute Gasteiger partial charge is 0.263 e. The van der Waals surface area contributed by atoms with Crippen LogP contribution in [-0.4, -0.2) is 24.4 Å². The Bertz CT molecular complexity index is 1540. The molecule has 1 heterocycles.